The van der Waals surface area contributed by atoms with Gasteiger partial charge in [0.2, 0.25) is 0 Å². The Morgan fingerprint density at radius 1 is 1.44 bits per heavy atom. The predicted octanol–water partition coefficient (Wildman–Crippen LogP) is 2.26. The fourth-order valence-electron chi connectivity index (χ4n) is 1.99. The summed E-state index contributed by atoms with van der Waals surface area (Å²) in [5.74, 6) is 0. The summed E-state index contributed by atoms with van der Waals surface area (Å²) >= 11 is 0. The van der Waals surface area contributed by atoms with Crippen molar-refractivity contribution in [2.45, 2.75) is 26.3 Å². The van der Waals surface area contributed by atoms with Gasteiger partial charge in [-0.15, -0.1) is 0 Å². The summed E-state index contributed by atoms with van der Waals surface area (Å²) in [6.45, 7) is 6.22. The summed E-state index contributed by atoms with van der Waals surface area (Å²) in [6, 6.07) is 4.15. The molecular formula is C13H19N3. The minimum atomic E-state index is 0.0111. The predicted molar refractivity (Wildman–Crippen MR) is 67.4 cm³/mol. The van der Waals surface area contributed by atoms with Gasteiger partial charge in [-0.3, -0.25) is 4.98 Å². The monoisotopic (exact) mass is 217 g/mol. The fraction of sp³-hybridized carbons (Fsp3) is 0.462. The standard InChI is InChI=1S/C13H19N3/c1-10-4-3-7-16(9-10)12-5-6-13(11(2)14)15-8-12/h4-6,8,11H,3,7,9,14H2,1-2H3. The molecule has 1 aromatic rings. The van der Waals surface area contributed by atoms with Crippen molar-refractivity contribution in [3.05, 3.63) is 35.7 Å². The lowest BCUT2D eigenvalue weighted by molar-refractivity contribution is 0.767. The lowest BCUT2D eigenvalue weighted by Crippen LogP contribution is -2.29. The quantitative estimate of drug-likeness (QED) is 0.773. The largest absolute Gasteiger partial charge is 0.366 e. The van der Waals surface area contributed by atoms with Gasteiger partial charge in [-0.2, -0.15) is 0 Å². The second kappa shape index (κ2) is 4.66. The number of rotatable bonds is 2. The van der Waals surface area contributed by atoms with Crippen molar-refractivity contribution >= 4 is 5.69 Å². The zero-order chi connectivity index (χ0) is 11.5. The maximum Gasteiger partial charge on any atom is 0.0569 e. The summed E-state index contributed by atoms with van der Waals surface area (Å²) in [7, 11) is 0. The zero-order valence-electron chi connectivity index (χ0n) is 9.98. The average Bonchev–Trinajstić information content (AvgIpc) is 2.29. The van der Waals surface area contributed by atoms with E-state index in [9.17, 15) is 0 Å². The molecule has 0 amide bonds. The molecule has 1 unspecified atom stereocenters. The topological polar surface area (TPSA) is 42.1 Å². The summed E-state index contributed by atoms with van der Waals surface area (Å²) in [5.41, 5.74) is 9.36. The van der Waals surface area contributed by atoms with Crippen molar-refractivity contribution in [3.8, 4) is 0 Å². The highest BCUT2D eigenvalue weighted by Crippen LogP contribution is 2.19. The van der Waals surface area contributed by atoms with E-state index in [2.05, 4.69) is 29.0 Å². The molecule has 2 rings (SSSR count). The Hall–Kier alpha value is -1.35. The molecule has 0 saturated heterocycles. The molecule has 0 aliphatic carbocycles. The van der Waals surface area contributed by atoms with Crippen LogP contribution in [0.5, 0.6) is 0 Å². The van der Waals surface area contributed by atoms with Crippen molar-refractivity contribution in [2.24, 2.45) is 5.73 Å². The molecule has 16 heavy (non-hydrogen) atoms. The molecule has 3 nitrogen and oxygen atoms in total. The number of nitrogens with zero attached hydrogens (tertiary/aromatic N) is 2. The van der Waals surface area contributed by atoms with Crippen LogP contribution in [-0.2, 0) is 0 Å². The van der Waals surface area contributed by atoms with Crippen LogP contribution in [0.15, 0.2) is 30.0 Å². The van der Waals surface area contributed by atoms with E-state index >= 15 is 0 Å². The molecule has 3 heteroatoms. The van der Waals surface area contributed by atoms with Crippen LogP contribution in [0.25, 0.3) is 0 Å². The maximum atomic E-state index is 5.78. The normalized spacial score (nSPS) is 18.2. The van der Waals surface area contributed by atoms with E-state index in [1.807, 2.05) is 19.2 Å². The van der Waals surface area contributed by atoms with Crippen LogP contribution in [0.1, 0.15) is 32.0 Å². The number of nitrogens with two attached hydrogens (primary N) is 1. The van der Waals surface area contributed by atoms with Crippen LogP contribution < -0.4 is 10.6 Å². The molecule has 0 radical (unpaired) electrons. The molecule has 0 aromatic carbocycles. The van der Waals surface area contributed by atoms with Crippen LogP contribution in [0.3, 0.4) is 0 Å². The number of hydrogen-bond donors (Lipinski definition) is 1. The second-order valence-electron chi connectivity index (χ2n) is 4.49. The molecule has 1 atom stereocenters. The number of pyridine rings is 1. The number of hydrogen-bond acceptors (Lipinski definition) is 3. The molecule has 1 aliphatic rings. The van der Waals surface area contributed by atoms with E-state index in [1.54, 1.807) is 0 Å². The third-order valence-corrected chi connectivity index (χ3v) is 2.93. The van der Waals surface area contributed by atoms with E-state index in [4.69, 9.17) is 5.73 Å². The van der Waals surface area contributed by atoms with Gasteiger partial charge in [0.05, 0.1) is 17.6 Å². The van der Waals surface area contributed by atoms with E-state index in [1.165, 1.54) is 11.3 Å². The van der Waals surface area contributed by atoms with Gasteiger partial charge in [0.1, 0.15) is 0 Å². The lowest BCUT2D eigenvalue weighted by atomic mass is 10.1. The van der Waals surface area contributed by atoms with Gasteiger partial charge in [0, 0.05) is 19.1 Å². The molecule has 0 bridgehead atoms. The van der Waals surface area contributed by atoms with Gasteiger partial charge in [0.15, 0.2) is 0 Å². The van der Waals surface area contributed by atoms with E-state index in [-0.39, 0.29) is 6.04 Å². The Labute approximate surface area is 97.0 Å². The molecule has 86 valence electrons. The first-order chi connectivity index (χ1) is 7.66. The van der Waals surface area contributed by atoms with Crippen molar-refractivity contribution in [1.29, 1.82) is 0 Å². The maximum absolute atomic E-state index is 5.78. The first-order valence-electron chi connectivity index (χ1n) is 5.79. The van der Waals surface area contributed by atoms with Gasteiger partial charge < -0.3 is 10.6 Å². The van der Waals surface area contributed by atoms with Gasteiger partial charge in [0.25, 0.3) is 0 Å². The van der Waals surface area contributed by atoms with Crippen molar-refractivity contribution < 1.29 is 0 Å². The molecule has 0 spiro atoms. The lowest BCUT2D eigenvalue weighted by Gasteiger charge is -2.28. The molecular weight excluding hydrogens is 198 g/mol. The van der Waals surface area contributed by atoms with Gasteiger partial charge in [-0.25, -0.2) is 0 Å². The molecule has 0 fully saturated rings. The zero-order valence-corrected chi connectivity index (χ0v) is 9.98. The van der Waals surface area contributed by atoms with Crippen molar-refractivity contribution in [1.82, 2.24) is 4.98 Å². The highest BCUT2D eigenvalue weighted by atomic mass is 15.1. The van der Waals surface area contributed by atoms with Crippen LogP contribution in [0.2, 0.25) is 0 Å². The number of aromatic nitrogens is 1. The Morgan fingerprint density at radius 3 is 2.81 bits per heavy atom. The Bertz CT molecular complexity index is 379. The van der Waals surface area contributed by atoms with Crippen LogP contribution in [0, 0.1) is 0 Å². The Morgan fingerprint density at radius 2 is 2.25 bits per heavy atom. The average molecular weight is 217 g/mol. The van der Waals surface area contributed by atoms with E-state index in [0.717, 1.165) is 25.2 Å². The van der Waals surface area contributed by atoms with Crippen LogP contribution in [0.4, 0.5) is 5.69 Å². The van der Waals surface area contributed by atoms with E-state index in [0.29, 0.717) is 0 Å². The first kappa shape index (κ1) is 11.1. The third-order valence-electron chi connectivity index (χ3n) is 2.93. The summed E-state index contributed by atoms with van der Waals surface area (Å²) in [5, 5.41) is 0. The fourth-order valence-corrected chi connectivity index (χ4v) is 1.99. The smallest absolute Gasteiger partial charge is 0.0569 e. The SMILES string of the molecule is CC1=CCCN(c2ccc(C(C)N)nc2)C1. The molecule has 1 aromatic heterocycles. The first-order valence-corrected chi connectivity index (χ1v) is 5.79. The highest BCUT2D eigenvalue weighted by molar-refractivity contribution is 5.47. The Balaban J connectivity index is 2.13. The van der Waals surface area contributed by atoms with Crippen molar-refractivity contribution in [2.75, 3.05) is 18.0 Å². The second-order valence-corrected chi connectivity index (χ2v) is 4.49. The van der Waals surface area contributed by atoms with Crippen molar-refractivity contribution in [3.63, 3.8) is 0 Å². The molecule has 1 aliphatic heterocycles. The highest BCUT2D eigenvalue weighted by Gasteiger charge is 2.11. The van der Waals surface area contributed by atoms with E-state index < -0.39 is 0 Å². The Kier molecular flexibility index (Phi) is 3.25. The summed E-state index contributed by atoms with van der Waals surface area (Å²) in [4.78, 5) is 6.75. The van der Waals surface area contributed by atoms with Gasteiger partial charge >= 0.3 is 0 Å². The van der Waals surface area contributed by atoms with Crippen LogP contribution in [-0.4, -0.2) is 18.1 Å². The third kappa shape index (κ3) is 2.42. The minimum absolute atomic E-state index is 0.0111. The molecule has 0 saturated carbocycles. The molecule has 2 heterocycles. The summed E-state index contributed by atoms with van der Waals surface area (Å²) < 4.78 is 0. The molecule has 2 N–H and O–H groups in total. The number of anilines is 1. The van der Waals surface area contributed by atoms with Crippen LogP contribution >= 0.6 is 0 Å². The summed E-state index contributed by atoms with van der Waals surface area (Å²) in [6.07, 6.45) is 5.36. The van der Waals surface area contributed by atoms with Gasteiger partial charge in [-0.05, 0) is 32.4 Å². The van der Waals surface area contributed by atoms with Gasteiger partial charge in [-0.1, -0.05) is 11.6 Å². The minimum Gasteiger partial charge on any atom is -0.366 e.